The number of halogens is 3. The zero-order valence-corrected chi connectivity index (χ0v) is 10.7. The number of nitrogen functional groups attached to an aromatic ring is 1. The quantitative estimate of drug-likeness (QED) is 0.676. The van der Waals surface area contributed by atoms with Crippen LogP contribution >= 0.6 is 0 Å². The number of nitrogens with two attached hydrogens (primary N) is 1. The molecule has 0 spiro atoms. The maximum absolute atomic E-state index is 13.5. The molecule has 8 heteroatoms. The molecule has 0 aliphatic rings. The molecular weight excluding hydrogens is 293 g/mol. The topological polar surface area (TPSA) is 72.2 Å². The number of benzene rings is 2. The Kier molecular flexibility index (Phi) is 3.58. The van der Waals surface area contributed by atoms with Crippen molar-refractivity contribution in [3.63, 3.8) is 0 Å². The van der Waals surface area contributed by atoms with Gasteiger partial charge in [0.15, 0.2) is 17.5 Å². The van der Waals surface area contributed by atoms with Crippen molar-refractivity contribution < 1.29 is 21.6 Å². The van der Waals surface area contributed by atoms with Crippen molar-refractivity contribution in [1.29, 1.82) is 0 Å². The standard InChI is InChI=1S/C12H9F3N2O2S/c13-9-4-5-10(12(15)11(9)14)20(18,19)17-8-3-1-2-7(16)6-8/h1-6,17H,16H2. The average molecular weight is 302 g/mol. The van der Waals surface area contributed by atoms with Crippen LogP contribution in [0.4, 0.5) is 24.5 Å². The van der Waals surface area contributed by atoms with Crippen LogP contribution < -0.4 is 10.5 Å². The summed E-state index contributed by atoms with van der Waals surface area (Å²) in [4.78, 5) is -0.987. The maximum Gasteiger partial charge on any atom is 0.264 e. The van der Waals surface area contributed by atoms with Crippen LogP contribution in [0.25, 0.3) is 0 Å². The predicted molar refractivity (Wildman–Crippen MR) is 68.0 cm³/mol. The van der Waals surface area contributed by atoms with Crippen LogP contribution in [0.2, 0.25) is 0 Å². The van der Waals surface area contributed by atoms with Crippen LogP contribution in [0, 0.1) is 17.5 Å². The minimum Gasteiger partial charge on any atom is -0.399 e. The fourth-order valence-corrected chi connectivity index (χ4v) is 2.65. The van der Waals surface area contributed by atoms with E-state index in [-0.39, 0.29) is 11.4 Å². The van der Waals surface area contributed by atoms with Gasteiger partial charge in [-0.1, -0.05) is 6.07 Å². The molecule has 0 aromatic heterocycles. The largest absolute Gasteiger partial charge is 0.399 e. The highest BCUT2D eigenvalue weighted by atomic mass is 32.2. The average Bonchev–Trinajstić information content (AvgIpc) is 2.35. The lowest BCUT2D eigenvalue weighted by molar-refractivity contribution is 0.432. The number of hydrogen-bond acceptors (Lipinski definition) is 3. The first kappa shape index (κ1) is 14.2. The van der Waals surface area contributed by atoms with E-state index in [1.165, 1.54) is 24.3 Å². The Bertz CT molecular complexity index is 763. The molecule has 4 nitrogen and oxygen atoms in total. The van der Waals surface area contributed by atoms with Gasteiger partial charge in [-0.2, -0.15) is 0 Å². The Hall–Kier alpha value is -2.22. The van der Waals surface area contributed by atoms with Crippen LogP contribution in [0.1, 0.15) is 0 Å². The third kappa shape index (κ3) is 2.69. The maximum atomic E-state index is 13.5. The van der Waals surface area contributed by atoms with Gasteiger partial charge in [0, 0.05) is 5.69 Å². The molecule has 3 N–H and O–H groups in total. The second-order valence-corrected chi connectivity index (χ2v) is 5.56. The highest BCUT2D eigenvalue weighted by molar-refractivity contribution is 7.92. The van der Waals surface area contributed by atoms with Gasteiger partial charge >= 0.3 is 0 Å². The Balaban J connectivity index is 2.44. The first-order valence-corrected chi connectivity index (χ1v) is 6.81. The highest BCUT2D eigenvalue weighted by Crippen LogP contribution is 2.23. The van der Waals surface area contributed by atoms with Gasteiger partial charge in [0.2, 0.25) is 0 Å². The molecule has 0 saturated heterocycles. The molecule has 0 saturated carbocycles. The molecule has 2 aromatic carbocycles. The lowest BCUT2D eigenvalue weighted by atomic mass is 10.3. The summed E-state index contributed by atoms with van der Waals surface area (Å²) in [6, 6.07) is 6.86. The number of hydrogen-bond donors (Lipinski definition) is 2. The summed E-state index contributed by atoms with van der Waals surface area (Å²) in [6.45, 7) is 0. The molecule has 0 unspecified atom stereocenters. The first-order valence-electron chi connectivity index (χ1n) is 5.33. The molecule has 0 fully saturated rings. The van der Waals surface area contributed by atoms with Crippen molar-refractivity contribution in [3.8, 4) is 0 Å². The van der Waals surface area contributed by atoms with Crippen LogP contribution in [0.5, 0.6) is 0 Å². The highest BCUT2D eigenvalue weighted by Gasteiger charge is 2.24. The molecule has 0 bridgehead atoms. The van der Waals surface area contributed by atoms with E-state index in [1.54, 1.807) is 0 Å². The van der Waals surface area contributed by atoms with Crippen molar-refractivity contribution in [3.05, 3.63) is 53.8 Å². The van der Waals surface area contributed by atoms with Gasteiger partial charge in [-0.3, -0.25) is 4.72 Å². The predicted octanol–water partition coefficient (Wildman–Crippen LogP) is 2.49. The van der Waals surface area contributed by atoms with Crippen molar-refractivity contribution >= 4 is 21.4 Å². The van der Waals surface area contributed by atoms with Gasteiger partial charge in [0.25, 0.3) is 10.0 Å². The van der Waals surface area contributed by atoms with Gasteiger partial charge in [0.05, 0.1) is 5.69 Å². The second kappa shape index (κ2) is 5.04. The molecular formula is C12H9F3N2O2S. The van der Waals surface area contributed by atoms with Crippen LogP contribution in [-0.4, -0.2) is 8.42 Å². The third-order valence-electron chi connectivity index (χ3n) is 2.43. The number of anilines is 2. The van der Waals surface area contributed by atoms with E-state index < -0.39 is 32.4 Å². The zero-order valence-electron chi connectivity index (χ0n) is 9.90. The van der Waals surface area contributed by atoms with Crippen molar-refractivity contribution in [1.82, 2.24) is 0 Å². The fraction of sp³-hybridized carbons (Fsp3) is 0. The normalized spacial score (nSPS) is 11.3. The number of rotatable bonds is 3. The lowest BCUT2D eigenvalue weighted by Crippen LogP contribution is -2.16. The Morgan fingerprint density at radius 1 is 1.00 bits per heavy atom. The van der Waals surface area contributed by atoms with E-state index >= 15 is 0 Å². The van der Waals surface area contributed by atoms with E-state index in [1.807, 2.05) is 4.72 Å². The molecule has 20 heavy (non-hydrogen) atoms. The van der Waals surface area contributed by atoms with Gasteiger partial charge < -0.3 is 5.73 Å². The molecule has 0 heterocycles. The minimum atomic E-state index is -4.39. The molecule has 0 aliphatic carbocycles. The molecule has 0 radical (unpaired) electrons. The molecule has 106 valence electrons. The van der Waals surface area contributed by atoms with E-state index in [0.29, 0.717) is 12.1 Å². The third-order valence-corrected chi connectivity index (χ3v) is 3.83. The molecule has 0 amide bonds. The summed E-state index contributed by atoms with van der Waals surface area (Å²) in [5.41, 5.74) is 5.84. The van der Waals surface area contributed by atoms with Crippen LogP contribution in [-0.2, 0) is 10.0 Å². The van der Waals surface area contributed by atoms with Crippen molar-refractivity contribution in [2.75, 3.05) is 10.5 Å². The summed E-state index contributed by atoms with van der Waals surface area (Å²) in [5.74, 6) is -5.09. The summed E-state index contributed by atoms with van der Waals surface area (Å²) >= 11 is 0. The SMILES string of the molecule is Nc1cccc(NS(=O)(=O)c2ccc(F)c(F)c2F)c1. The Morgan fingerprint density at radius 3 is 2.35 bits per heavy atom. The summed E-state index contributed by atoms with van der Waals surface area (Å²) in [5, 5.41) is 0. The monoisotopic (exact) mass is 302 g/mol. The zero-order chi connectivity index (χ0) is 14.9. The molecule has 0 aliphatic heterocycles. The summed E-state index contributed by atoms with van der Waals surface area (Å²) < 4.78 is 65.2. The van der Waals surface area contributed by atoms with Crippen molar-refractivity contribution in [2.45, 2.75) is 4.90 Å². The Labute approximate surface area is 113 Å². The molecule has 2 rings (SSSR count). The van der Waals surface area contributed by atoms with Gasteiger partial charge in [-0.05, 0) is 30.3 Å². The van der Waals surface area contributed by atoms with E-state index in [0.717, 1.165) is 0 Å². The minimum absolute atomic E-state index is 0.0779. The van der Waals surface area contributed by atoms with E-state index in [4.69, 9.17) is 5.73 Å². The van der Waals surface area contributed by atoms with Crippen molar-refractivity contribution in [2.24, 2.45) is 0 Å². The second-order valence-electron chi connectivity index (χ2n) is 3.90. The van der Waals surface area contributed by atoms with Crippen LogP contribution in [0.15, 0.2) is 41.3 Å². The van der Waals surface area contributed by atoms with Gasteiger partial charge in [-0.15, -0.1) is 0 Å². The van der Waals surface area contributed by atoms with E-state index in [9.17, 15) is 21.6 Å². The fourth-order valence-electron chi connectivity index (χ4n) is 1.53. The molecule has 2 aromatic rings. The smallest absolute Gasteiger partial charge is 0.264 e. The Morgan fingerprint density at radius 2 is 1.70 bits per heavy atom. The number of nitrogens with one attached hydrogen (secondary N) is 1. The lowest BCUT2D eigenvalue weighted by Gasteiger charge is -2.09. The van der Waals surface area contributed by atoms with Gasteiger partial charge in [-0.25, -0.2) is 21.6 Å². The summed E-state index contributed by atoms with van der Waals surface area (Å²) in [7, 11) is -4.39. The summed E-state index contributed by atoms with van der Waals surface area (Å²) in [6.07, 6.45) is 0. The molecule has 0 atom stereocenters. The van der Waals surface area contributed by atoms with Crippen LogP contribution in [0.3, 0.4) is 0 Å². The number of sulfonamides is 1. The van der Waals surface area contributed by atoms with E-state index in [2.05, 4.69) is 0 Å². The van der Waals surface area contributed by atoms with Gasteiger partial charge in [0.1, 0.15) is 4.90 Å². The first-order chi connectivity index (χ1) is 9.31.